The lowest BCUT2D eigenvalue weighted by Gasteiger charge is -2.08. The van der Waals surface area contributed by atoms with E-state index in [1.54, 1.807) is 35.7 Å². The van der Waals surface area contributed by atoms with Gasteiger partial charge in [0.1, 0.15) is 5.69 Å². The SMILES string of the molecule is Cc1cccc(Cl)c1NC(=O)c1csc(NC(=O)c2ccccc2)n1. The number of carbonyl (C=O) groups excluding carboxylic acids is 2. The quantitative estimate of drug-likeness (QED) is 0.703. The maximum Gasteiger partial charge on any atom is 0.275 e. The highest BCUT2D eigenvalue weighted by Gasteiger charge is 2.15. The highest BCUT2D eigenvalue weighted by atomic mass is 35.5. The molecule has 0 bridgehead atoms. The second kappa shape index (κ2) is 7.46. The van der Waals surface area contributed by atoms with E-state index < -0.39 is 0 Å². The number of rotatable bonds is 4. The van der Waals surface area contributed by atoms with E-state index in [9.17, 15) is 9.59 Å². The summed E-state index contributed by atoms with van der Waals surface area (Å²) in [5.74, 6) is -0.656. The monoisotopic (exact) mass is 371 g/mol. The Morgan fingerprint density at radius 2 is 1.76 bits per heavy atom. The molecule has 126 valence electrons. The summed E-state index contributed by atoms with van der Waals surface area (Å²) < 4.78 is 0. The van der Waals surface area contributed by atoms with E-state index in [0.29, 0.717) is 21.4 Å². The molecule has 1 aromatic heterocycles. The van der Waals surface area contributed by atoms with Crippen LogP contribution in [0.5, 0.6) is 0 Å². The molecular formula is C18H14ClN3O2S. The molecule has 2 N–H and O–H groups in total. The van der Waals surface area contributed by atoms with Gasteiger partial charge in [-0.15, -0.1) is 11.3 Å². The zero-order valence-electron chi connectivity index (χ0n) is 13.2. The van der Waals surface area contributed by atoms with Crippen molar-refractivity contribution < 1.29 is 9.59 Å². The lowest BCUT2D eigenvalue weighted by atomic mass is 10.2. The summed E-state index contributed by atoms with van der Waals surface area (Å²) >= 11 is 7.30. The lowest BCUT2D eigenvalue weighted by Crippen LogP contribution is -2.15. The van der Waals surface area contributed by atoms with E-state index in [4.69, 9.17) is 11.6 Å². The van der Waals surface area contributed by atoms with Gasteiger partial charge >= 0.3 is 0 Å². The average Bonchev–Trinajstić information content (AvgIpc) is 3.07. The Morgan fingerprint density at radius 3 is 2.48 bits per heavy atom. The van der Waals surface area contributed by atoms with Crippen LogP contribution in [0.15, 0.2) is 53.9 Å². The van der Waals surface area contributed by atoms with E-state index in [0.717, 1.165) is 5.56 Å². The number of aryl methyl sites for hydroxylation is 1. The van der Waals surface area contributed by atoms with E-state index in [-0.39, 0.29) is 17.5 Å². The van der Waals surface area contributed by atoms with Gasteiger partial charge in [-0.2, -0.15) is 0 Å². The van der Waals surface area contributed by atoms with Crippen molar-refractivity contribution in [1.29, 1.82) is 0 Å². The van der Waals surface area contributed by atoms with Gasteiger partial charge in [-0.05, 0) is 30.7 Å². The van der Waals surface area contributed by atoms with Gasteiger partial charge in [0.15, 0.2) is 5.13 Å². The van der Waals surface area contributed by atoms with Gasteiger partial charge < -0.3 is 5.32 Å². The Bertz CT molecular complexity index is 905. The zero-order valence-corrected chi connectivity index (χ0v) is 14.8. The second-order valence-electron chi connectivity index (χ2n) is 5.24. The van der Waals surface area contributed by atoms with Crippen LogP contribution in [0.1, 0.15) is 26.4 Å². The molecule has 7 heteroatoms. The molecule has 3 rings (SSSR count). The molecule has 25 heavy (non-hydrogen) atoms. The summed E-state index contributed by atoms with van der Waals surface area (Å²) in [6.45, 7) is 1.86. The molecule has 0 radical (unpaired) electrons. The molecule has 0 aliphatic heterocycles. The number of anilines is 2. The van der Waals surface area contributed by atoms with Gasteiger partial charge in [0, 0.05) is 10.9 Å². The largest absolute Gasteiger partial charge is 0.319 e. The molecule has 3 aromatic rings. The van der Waals surface area contributed by atoms with Crippen LogP contribution in [0, 0.1) is 6.92 Å². The molecule has 0 aliphatic carbocycles. The van der Waals surface area contributed by atoms with Gasteiger partial charge in [0.25, 0.3) is 11.8 Å². The van der Waals surface area contributed by atoms with Crippen LogP contribution in [0.3, 0.4) is 0 Å². The third-order valence-electron chi connectivity index (χ3n) is 3.45. The second-order valence-corrected chi connectivity index (χ2v) is 6.51. The van der Waals surface area contributed by atoms with Crippen LogP contribution < -0.4 is 10.6 Å². The number of benzene rings is 2. The molecule has 0 unspecified atom stereocenters. The Labute approximate surface area is 153 Å². The minimum absolute atomic E-state index is 0.215. The first-order valence-corrected chi connectivity index (χ1v) is 8.69. The van der Waals surface area contributed by atoms with E-state index in [2.05, 4.69) is 15.6 Å². The number of halogens is 1. The highest BCUT2D eigenvalue weighted by Crippen LogP contribution is 2.26. The van der Waals surface area contributed by atoms with Crippen molar-refractivity contribution >= 4 is 45.6 Å². The molecule has 5 nitrogen and oxygen atoms in total. The summed E-state index contributed by atoms with van der Waals surface area (Å²) in [6.07, 6.45) is 0. The molecule has 0 atom stereocenters. The van der Waals surface area contributed by atoms with Gasteiger partial charge in [-0.3, -0.25) is 14.9 Å². The van der Waals surface area contributed by atoms with Crippen LogP contribution in [-0.4, -0.2) is 16.8 Å². The molecule has 1 heterocycles. The van der Waals surface area contributed by atoms with Crippen molar-refractivity contribution in [3.8, 4) is 0 Å². The number of aromatic nitrogens is 1. The zero-order chi connectivity index (χ0) is 17.8. The van der Waals surface area contributed by atoms with Crippen LogP contribution in [0.4, 0.5) is 10.8 Å². The summed E-state index contributed by atoms with van der Waals surface area (Å²) in [7, 11) is 0. The first kappa shape index (κ1) is 17.1. The number of hydrogen-bond acceptors (Lipinski definition) is 4. The predicted molar refractivity (Wildman–Crippen MR) is 101 cm³/mol. The highest BCUT2D eigenvalue weighted by molar-refractivity contribution is 7.14. The molecule has 0 aliphatic rings. The first-order valence-electron chi connectivity index (χ1n) is 7.43. The van der Waals surface area contributed by atoms with Crippen molar-refractivity contribution in [2.24, 2.45) is 0 Å². The fraction of sp³-hybridized carbons (Fsp3) is 0.0556. The van der Waals surface area contributed by atoms with Crippen molar-refractivity contribution in [2.45, 2.75) is 6.92 Å². The summed E-state index contributed by atoms with van der Waals surface area (Å²) in [5.41, 5.74) is 2.15. The molecule has 2 amide bonds. The Morgan fingerprint density at radius 1 is 1.00 bits per heavy atom. The number of nitrogens with one attached hydrogen (secondary N) is 2. The summed E-state index contributed by atoms with van der Waals surface area (Å²) in [4.78, 5) is 28.6. The number of thiazole rings is 1. The lowest BCUT2D eigenvalue weighted by molar-refractivity contribution is 0.101. The fourth-order valence-corrected chi connectivity index (χ4v) is 3.12. The smallest absolute Gasteiger partial charge is 0.275 e. The van der Waals surface area contributed by atoms with Gasteiger partial charge in [-0.25, -0.2) is 4.98 Å². The molecular weight excluding hydrogens is 358 g/mol. The standard InChI is InChI=1S/C18H14ClN3O2S/c1-11-6-5-9-13(19)15(11)21-17(24)14-10-25-18(20-14)22-16(23)12-7-3-2-4-8-12/h2-10H,1H3,(H,21,24)(H,20,22,23). The number of nitrogens with zero attached hydrogens (tertiary/aromatic N) is 1. The van der Waals surface area contributed by atoms with Crippen molar-refractivity contribution in [3.63, 3.8) is 0 Å². The third kappa shape index (κ3) is 4.04. The van der Waals surface area contributed by atoms with Gasteiger partial charge in [0.05, 0.1) is 10.7 Å². The van der Waals surface area contributed by atoms with E-state index in [1.165, 1.54) is 11.3 Å². The summed E-state index contributed by atoms with van der Waals surface area (Å²) in [5, 5.41) is 7.84. The van der Waals surface area contributed by atoms with Crippen LogP contribution in [0.2, 0.25) is 5.02 Å². The normalized spacial score (nSPS) is 10.3. The topological polar surface area (TPSA) is 71.1 Å². The molecule has 0 saturated carbocycles. The maximum atomic E-state index is 12.3. The molecule has 0 fully saturated rings. The van der Waals surface area contributed by atoms with Crippen LogP contribution in [0.25, 0.3) is 0 Å². The van der Waals surface area contributed by atoms with E-state index in [1.807, 2.05) is 25.1 Å². The third-order valence-corrected chi connectivity index (χ3v) is 4.53. The van der Waals surface area contributed by atoms with Crippen molar-refractivity contribution in [3.05, 3.63) is 75.8 Å². The molecule has 0 saturated heterocycles. The van der Waals surface area contributed by atoms with Gasteiger partial charge in [0.2, 0.25) is 0 Å². The predicted octanol–water partition coefficient (Wildman–Crippen LogP) is 4.61. The maximum absolute atomic E-state index is 12.3. The Hall–Kier alpha value is -2.70. The number of para-hydroxylation sites is 1. The number of amides is 2. The molecule has 0 spiro atoms. The van der Waals surface area contributed by atoms with Crippen LogP contribution >= 0.6 is 22.9 Å². The number of hydrogen-bond donors (Lipinski definition) is 2. The Balaban J connectivity index is 1.71. The summed E-state index contributed by atoms with van der Waals surface area (Å²) in [6, 6.07) is 14.2. The number of carbonyl (C=O) groups is 2. The van der Waals surface area contributed by atoms with E-state index >= 15 is 0 Å². The Kier molecular flexibility index (Phi) is 5.11. The van der Waals surface area contributed by atoms with Crippen molar-refractivity contribution in [1.82, 2.24) is 4.98 Å². The van der Waals surface area contributed by atoms with Crippen LogP contribution in [-0.2, 0) is 0 Å². The minimum Gasteiger partial charge on any atom is -0.319 e. The molecule has 2 aromatic carbocycles. The first-order chi connectivity index (χ1) is 12.0. The fourth-order valence-electron chi connectivity index (χ4n) is 2.16. The van der Waals surface area contributed by atoms with Gasteiger partial charge in [-0.1, -0.05) is 41.9 Å². The van der Waals surface area contributed by atoms with Crippen molar-refractivity contribution in [2.75, 3.05) is 10.6 Å². The average molecular weight is 372 g/mol. The minimum atomic E-state index is -0.382.